The van der Waals surface area contributed by atoms with E-state index in [4.69, 9.17) is 11.1 Å². The van der Waals surface area contributed by atoms with Crippen molar-refractivity contribution in [2.24, 2.45) is 5.73 Å². The molecule has 2 aromatic carbocycles. The maximum Gasteiger partial charge on any atom is 0.348 e. The number of carboxylic acid groups (broad SMARTS) is 1. The number of carbonyl (C=O) groups is 3. The van der Waals surface area contributed by atoms with Gasteiger partial charge in [0, 0.05) is 36.3 Å². The second-order valence-electron chi connectivity index (χ2n) is 7.54. The maximum atomic E-state index is 14.7. The number of aromatic nitrogens is 1. The summed E-state index contributed by atoms with van der Waals surface area (Å²) in [7, 11) is 1.27. The lowest BCUT2D eigenvalue weighted by atomic mass is 10.1. The van der Waals surface area contributed by atoms with Crippen molar-refractivity contribution in [3.05, 3.63) is 64.3 Å². The minimum absolute atomic E-state index is 0.0285. The number of amides is 1. The summed E-state index contributed by atoms with van der Waals surface area (Å²) in [5.41, 5.74) is 6.22. The molecule has 36 heavy (non-hydrogen) atoms. The van der Waals surface area contributed by atoms with Gasteiger partial charge in [-0.15, -0.1) is 0 Å². The summed E-state index contributed by atoms with van der Waals surface area (Å²) < 4.78 is 19.4. The number of nitrogens with zero attached hydrogens (tertiary/aromatic N) is 2. The van der Waals surface area contributed by atoms with E-state index < -0.39 is 17.8 Å². The van der Waals surface area contributed by atoms with E-state index in [1.54, 1.807) is 23.1 Å². The Labute approximate surface area is 210 Å². The molecule has 5 N–H and O–H groups in total. The fourth-order valence-electron chi connectivity index (χ4n) is 3.34. The summed E-state index contributed by atoms with van der Waals surface area (Å²) in [6.45, 7) is 2.46. The molecule has 0 fully saturated rings. The van der Waals surface area contributed by atoms with Crippen molar-refractivity contribution in [1.29, 1.82) is 5.41 Å². The van der Waals surface area contributed by atoms with Crippen LogP contribution in [0.2, 0.25) is 0 Å². The number of nitrogen functional groups attached to an aromatic ring is 1. The van der Waals surface area contributed by atoms with Crippen LogP contribution in [0.15, 0.2) is 42.5 Å². The van der Waals surface area contributed by atoms with E-state index in [1.807, 2.05) is 6.92 Å². The van der Waals surface area contributed by atoms with Crippen LogP contribution < -0.4 is 16.0 Å². The lowest BCUT2D eigenvalue weighted by Crippen LogP contribution is -2.27. The Hall–Kier alpha value is -4.32. The molecule has 0 radical (unpaired) electrons. The van der Waals surface area contributed by atoms with Gasteiger partial charge in [-0.25, -0.2) is 19.0 Å². The van der Waals surface area contributed by atoms with Crippen LogP contribution in [0.1, 0.15) is 38.9 Å². The predicted molar refractivity (Wildman–Crippen MR) is 134 cm³/mol. The van der Waals surface area contributed by atoms with Crippen molar-refractivity contribution in [3.63, 3.8) is 0 Å². The molecule has 0 saturated heterocycles. The van der Waals surface area contributed by atoms with Crippen molar-refractivity contribution in [3.8, 4) is 11.3 Å². The molecule has 0 aliphatic carbocycles. The number of methoxy groups -OCH3 is 1. The molecular formula is C24H24FN5O5S. The molecule has 3 aromatic rings. The van der Waals surface area contributed by atoms with E-state index in [2.05, 4.69) is 15.0 Å². The highest BCUT2D eigenvalue weighted by atomic mass is 32.1. The number of halogens is 1. The van der Waals surface area contributed by atoms with E-state index in [0.717, 1.165) is 17.4 Å². The molecule has 0 spiro atoms. The van der Waals surface area contributed by atoms with Crippen LogP contribution in [0, 0.1) is 11.2 Å². The molecule has 1 heterocycles. The summed E-state index contributed by atoms with van der Waals surface area (Å²) in [6, 6.07) is 10.1. The van der Waals surface area contributed by atoms with Crippen LogP contribution in [0.4, 0.5) is 15.2 Å². The highest BCUT2D eigenvalue weighted by Crippen LogP contribution is 2.35. The molecule has 0 saturated carbocycles. The minimum atomic E-state index is -1.26. The number of benzene rings is 2. The molecule has 1 aromatic heterocycles. The fraction of sp³-hybridized carbons (Fsp3) is 0.208. The number of amidine groups is 1. The highest BCUT2D eigenvalue weighted by Gasteiger charge is 2.24. The molecule has 0 aliphatic rings. The average molecular weight is 514 g/mol. The number of rotatable bonds is 10. The molecule has 0 aliphatic heterocycles. The average Bonchev–Trinajstić information content (AvgIpc) is 3.29. The number of hydrogen-bond acceptors (Lipinski definition) is 8. The van der Waals surface area contributed by atoms with Crippen molar-refractivity contribution in [1.82, 2.24) is 4.98 Å². The molecule has 188 valence electrons. The van der Waals surface area contributed by atoms with E-state index in [9.17, 15) is 23.9 Å². The van der Waals surface area contributed by atoms with Crippen LogP contribution in [0.5, 0.6) is 0 Å². The number of ether oxygens (including phenoxy) is 1. The Morgan fingerprint density at radius 1 is 1.22 bits per heavy atom. The smallest absolute Gasteiger partial charge is 0.348 e. The largest absolute Gasteiger partial charge is 0.477 e. The Bertz CT molecular complexity index is 1330. The van der Waals surface area contributed by atoms with Crippen molar-refractivity contribution in [2.45, 2.75) is 13.3 Å². The normalized spacial score (nSPS) is 10.5. The van der Waals surface area contributed by atoms with Gasteiger partial charge >= 0.3 is 11.9 Å². The standard InChI is InChI=1S/C24H24FN5O5S/c1-3-30(10-9-18(31)28-15-6-4-5-14(11-15)23(34)35-2)24-29-19(20(36-24)22(32)33)16-8-7-13(21(26)27)12-17(16)25/h4-8,11-12H,3,9-10H2,1-2H3,(H3,26,27)(H,28,31)(H,32,33). The van der Waals surface area contributed by atoms with E-state index in [1.165, 1.54) is 25.3 Å². The van der Waals surface area contributed by atoms with Crippen LogP contribution in [0.3, 0.4) is 0 Å². The Balaban J connectivity index is 1.77. The van der Waals surface area contributed by atoms with Gasteiger partial charge < -0.3 is 25.8 Å². The number of esters is 1. The second-order valence-corrected chi connectivity index (χ2v) is 8.52. The monoisotopic (exact) mass is 513 g/mol. The SMILES string of the molecule is CCN(CCC(=O)Nc1cccc(C(=O)OC)c1)c1nc(-c2ccc(C(=N)N)cc2F)c(C(=O)O)s1. The number of thiazole rings is 1. The summed E-state index contributed by atoms with van der Waals surface area (Å²) in [5, 5.41) is 20.1. The third-order valence-electron chi connectivity index (χ3n) is 5.17. The molecular weight excluding hydrogens is 489 g/mol. The highest BCUT2D eigenvalue weighted by molar-refractivity contribution is 7.17. The molecule has 0 unspecified atom stereocenters. The molecule has 1 amide bonds. The molecule has 10 nitrogen and oxygen atoms in total. The van der Waals surface area contributed by atoms with Gasteiger partial charge in [-0.3, -0.25) is 10.2 Å². The summed E-state index contributed by atoms with van der Waals surface area (Å²) >= 11 is 0.876. The number of nitrogens with one attached hydrogen (secondary N) is 2. The molecule has 3 rings (SSSR count). The zero-order valence-corrected chi connectivity index (χ0v) is 20.3. The van der Waals surface area contributed by atoms with Gasteiger partial charge in [-0.1, -0.05) is 23.5 Å². The first-order valence-electron chi connectivity index (χ1n) is 10.8. The van der Waals surface area contributed by atoms with E-state index in [-0.39, 0.29) is 46.4 Å². The summed E-state index contributed by atoms with van der Waals surface area (Å²) in [4.78, 5) is 42.0. The number of carbonyl (C=O) groups excluding carboxylic acids is 2. The third-order valence-corrected chi connectivity index (χ3v) is 6.28. The number of aromatic carboxylic acids is 1. The van der Waals surface area contributed by atoms with Gasteiger partial charge in [0.05, 0.1) is 12.7 Å². The van der Waals surface area contributed by atoms with Crippen LogP contribution in [-0.2, 0) is 9.53 Å². The summed E-state index contributed by atoms with van der Waals surface area (Å²) in [5.74, 6) is -3.17. The summed E-state index contributed by atoms with van der Waals surface area (Å²) in [6.07, 6.45) is 0.0509. The lowest BCUT2D eigenvalue weighted by Gasteiger charge is -2.19. The maximum absolute atomic E-state index is 14.7. The second kappa shape index (κ2) is 11.4. The van der Waals surface area contributed by atoms with Gasteiger partial charge in [0.15, 0.2) is 5.13 Å². The van der Waals surface area contributed by atoms with Gasteiger partial charge in [-0.05, 0) is 37.3 Å². The first-order chi connectivity index (χ1) is 17.1. The Kier molecular flexibility index (Phi) is 8.33. The molecule has 0 bridgehead atoms. The number of nitrogens with two attached hydrogens (primary N) is 1. The van der Waals surface area contributed by atoms with E-state index in [0.29, 0.717) is 22.9 Å². The van der Waals surface area contributed by atoms with Crippen molar-refractivity contribution in [2.75, 3.05) is 30.4 Å². The van der Waals surface area contributed by atoms with Crippen LogP contribution in [-0.4, -0.2) is 54.0 Å². The predicted octanol–water partition coefficient (Wildman–Crippen LogP) is 3.57. The first-order valence-corrected chi connectivity index (χ1v) is 11.6. The molecule has 12 heteroatoms. The van der Waals surface area contributed by atoms with Gasteiger partial charge in [0.1, 0.15) is 22.2 Å². The van der Waals surface area contributed by atoms with Gasteiger partial charge in [0.2, 0.25) is 5.91 Å². The zero-order valence-electron chi connectivity index (χ0n) is 19.5. The topological polar surface area (TPSA) is 159 Å². The lowest BCUT2D eigenvalue weighted by molar-refractivity contribution is -0.116. The van der Waals surface area contributed by atoms with Gasteiger partial charge in [-0.2, -0.15) is 0 Å². The van der Waals surface area contributed by atoms with Crippen LogP contribution >= 0.6 is 11.3 Å². The van der Waals surface area contributed by atoms with Crippen molar-refractivity contribution < 1.29 is 28.6 Å². The minimum Gasteiger partial charge on any atom is -0.477 e. The quantitative estimate of drug-likeness (QED) is 0.182. The number of anilines is 2. The number of hydrogen-bond donors (Lipinski definition) is 4. The Morgan fingerprint density at radius 3 is 2.58 bits per heavy atom. The number of carboxylic acids is 1. The zero-order chi connectivity index (χ0) is 26.4. The fourth-order valence-corrected chi connectivity index (χ4v) is 4.35. The molecule has 0 atom stereocenters. The first kappa shape index (κ1) is 26.3. The van der Waals surface area contributed by atoms with Crippen LogP contribution in [0.25, 0.3) is 11.3 Å². The Morgan fingerprint density at radius 2 is 1.97 bits per heavy atom. The van der Waals surface area contributed by atoms with Gasteiger partial charge in [0.25, 0.3) is 0 Å². The van der Waals surface area contributed by atoms with E-state index >= 15 is 0 Å². The van der Waals surface area contributed by atoms with Crippen molar-refractivity contribution >= 4 is 45.8 Å². The third kappa shape index (κ3) is 6.02.